The van der Waals surface area contributed by atoms with Gasteiger partial charge in [-0.2, -0.15) is 0 Å². The van der Waals surface area contributed by atoms with Crippen molar-refractivity contribution in [2.45, 2.75) is 43.9 Å². The van der Waals surface area contributed by atoms with E-state index in [1.807, 2.05) is 6.20 Å². The van der Waals surface area contributed by atoms with E-state index in [2.05, 4.69) is 17.3 Å². The molecular weight excluding hydrogens is 214 g/mol. The predicted octanol–water partition coefficient (Wildman–Crippen LogP) is 4.04. The lowest BCUT2D eigenvalue weighted by Crippen LogP contribution is -2.23. The molecule has 1 fully saturated rings. The Hall–Kier alpha value is -0.0800. The van der Waals surface area contributed by atoms with Crippen LogP contribution in [0, 0.1) is 5.92 Å². The number of hydrogen-bond donors (Lipinski definition) is 0. The topological polar surface area (TPSA) is 12.9 Å². The third-order valence-corrected chi connectivity index (χ3v) is 4.53. The molecule has 0 aliphatic heterocycles. The van der Waals surface area contributed by atoms with Crippen molar-refractivity contribution in [2.24, 2.45) is 5.92 Å². The number of aromatic nitrogens is 1. The highest BCUT2D eigenvalue weighted by atomic mass is 35.5. The molecule has 1 heterocycles. The second-order valence-corrected chi connectivity index (χ2v) is 5.60. The van der Waals surface area contributed by atoms with Crippen LogP contribution >= 0.6 is 22.9 Å². The van der Waals surface area contributed by atoms with Crippen molar-refractivity contribution >= 4 is 22.9 Å². The second-order valence-electron chi connectivity index (χ2n) is 4.06. The van der Waals surface area contributed by atoms with E-state index in [9.17, 15) is 0 Å². The van der Waals surface area contributed by atoms with Crippen molar-refractivity contribution in [3.05, 3.63) is 16.6 Å². The molecule has 14 heavy (non-hydrogen) atoms. The van der Waals surface area contributed by atoms with E-state index in [1.165, 1.54) is 24.3 Å². The number of hydrogen-bond acceptors (Lipinski definition) is 2. The van der Waals surface area contributed by atoms with Crippen LogP contribution in [0.25, 0.3) is 0 Å². The Morgan fingerprint density at radius 1 is 1.57 bits per heavy atom. The van der Waals surface area contributed by atoms with Gasteiger partial charge in [0.1, 0.15) is 0 Å². The van der Waals surface area contributed by atoms with Gasteiger partial charge in [-0.25, -0.2) is 4.98 Å². The van der Waals surface area contributed by atoms with Gasteiger partial charge in [-0.15, -0.1) is 22.9 Å². The summed E-state index contributed by atoms with van der Waals surface area (Å²) in [7, 11) is 0. The van der Waals surface area contributed by atoms with Gasteiger partial charge in [-0.1, -0.05) is 13.3 Å². The average molecular weight is 230 g/mol. The summed E-state index contributed by atoms with van der Waals surface area (Å²) in [6, 6.07) is 0. The molecule has 0 N–H and O–H groups in total. The lowest BCUT2D eigenvalue weighted by atomic mass is 9.78. The Balaban J connectivity index is 2.13. The zero-order chi connectivity index (χ0) is 9.97. The maximum absolute atomic E-state index is 6.23. The molecule has 78 valence electrons. The highest BCUT2D eigenvalue weighted by Crippen LogP contribution is 2.41. The van der Waals surface area contributed by atoms with Crippen molar-refractivity contribution in [1.82, 2.24) is 4.98 Å². The molecule has 1 aliphatic rings. The number of halogens is 1. The summed E-state index contributed by atoms with van der Waals surface area (Å²) in [5, 5.41) is 3.73. The molecule has 1 saturated carbocycles. The molecule has 0 bridgehead atoms. The van der Waals surface area contributed by atoms with E-state index in [1.54, 1.807) is 11.3 Å². The molecule has 0 amide bonds. The van der Waals surface area contributed by atoms with Crippen molar-refractivity contribution in [2.75, 3.05) is 0 Å². The van der Waals surface area contributed by atoms with Gasteiger partial charge in [0.25, 0.3) is 0 Å². The van der Waals surface area contributed by atoms with E-state index in [0.717, 1.165) is 12.3 Å². The van der Waals surface area contributed by atoms with Crippen LogP contribution in [0.4, 0.5) is 0 Å². The lowest BCUT2D eigenvalue weighted by Gasteiger charge is -2.32. The van der Waals surface area contributed by atoms with Crippen LogP contribution < -0.4 is 0 Å². The fourth-order valence-corrected chi connectivity index (χ4v) is 3.55. The fourth-order valence-electron chi connectivity index (χ4n) is 2.39. The van der Waals surface area contributed by atoms with E-state index in [0.29, 0.717) is 11.3 Å². The molecule has 0 saturated heterocycles. The first-order chi connectivity index (χ1) is 6.81. The first-order valence-corrected chi connectivity index (χ1v) is 6.66. The lowest BCUT2D eigenvalue weighted by molar-refractivity contribution is 0.302. The highest BCUT2D eigenvalue weighted by molar-refractivity contribution is 7.09. The Labute approximate surface area is 94.5 Å². The minimum atomic E-state index is 0.367. The standard InChI is InChI=1S/C11H16ClNS/c1-2-8-3-4-9(12)7-10(8)11-13-5-6-14-11/h5-6,8-10H,2-4,7H2,1H3. The predicted molar refractivity (Wildman–Crippen MR) is 62.1 cm³/mol. The van der Waals surface area contributed by atoms with Crippen molar-refractivity contribution in [3.8, 4) is 0 Å². The molecule has 0 spiro atoms. The zero-order valence-corrected chi connectivity index (χ0v) is 10.0. The molecule has 3 heteroatoms. The normalized spacial score (nSPS) is 33.1. The third kappa shape index (κ3) is 2.12. The van der Waals surface area contributed by atoms with Gasteiger partial charge in [0.15, 0.2) is 0 Å². The molecular formula is C11H16ClNS. The van der Waals surface area contributed by atoms with Crippen molar-refractivity contribution < 1.29 is 0 Å². The molecule has 0 aromatic carbocycles. The number of thiazole rings is 1. The summed E-state index contributed by atoms with van der Waals surface area (Å²) in [6.07, 6.45) is 6.74. The smallest absolute Gasteiger partial charge is 0.0959 e. The van der Waals surface area contributed by atoms with Gasteiger partial charge in [0.05, 0.1) is 5.01 Å². The van der Waals surface area contributed by atoms with Gasteiger partial charge < -0.3 is 0 Å². The van der Waals surface area contributed by atoms with Gasteiger partial charge >= 0.3 is 0 Å². The average Bonchev–Trinajstić information content (AvgIpc) is 2.70. The summed E-state index contributed by atoms with van der Waals surface area (Å²) in [5.74, 6) is 1.42. The monoisotopic (exact) mass is 229 g/mol. The second kappa shape index (κ2) is 4.63. The van der Waals surface area contributed by atoms with Gasteiger partial charge in [0.2, 0.25) is 0 Å². The largest absolute Gasteiger partial charge is 0.249 e. The molecule has 2 rings (SSSR count). The van der Waals surface area contributed by atoms with Crippen LogP contribution in [0.2, 0.25) is 0 Å². The van der Waals surface area contributed by atoms with Gasteiger partial charge in [-0.3, -0.25) is 0 Å². The van der Waals surface area contributed by atoms with Crippen LogP contribution in [0.15, 0.2) is 11.6 Å². The quantitative estimate of drug-likeness (QED) is 0.698. The fraction of sp³-hybridized carbons (Fsp3) is 0.727. The van der Waals surface area contributed by atoms with Crippen LogP contribution in [0.5, 0.6) is 0 Å². The maximum atomic E-state index is 6.23. The Kier molecular flexibility index (Phi) is 3.45. The Morgan fingerprint density at radius 2 is 2.43 bits per heavy atom. The van der Waals surface area contributed by atoms with Crippen LogP contribution in [0.3, 0.4) is 0 Å². The van der Waals surface area contributed by atoms with E-state index < -0.39 is 0 Å². The Bertz CT molecular complexity index is 273. The van der Waals surface area contributed by atoms with E-state index in [-0.39, 0.29) is 0 Å². The summed E-state index contributed by atoms with van der Waals surface area (Å²) in [4.78, 5) is 4.43. The first kappa shape index (κ1) is 10.4. The minimum Gasteiger partial charge on any atom is -0.249 e. The number of alkyl halides is 1. The zero-order valence-electron chi connectivity index (χ0n) is 8.45. The highest BCUT2D eigenvalue weighted by Gasteiger charge is 2.30. The molecule has 1 aromatic heterocycles. The van der Waals surface area contributed by atoms with Crippen molar-refractivity contribution in [1.29, 1.82) is 0 Å². The van der Waals surface area contributed by atoms with E-state index >= 15 is 0 Å². The maximum Gasteiger partial charge on any atom is 0.0959 e. The summed E-state index contributed by atoms with van der Waals surface area (Å²) in [6.45, 7) is 2.28. The molecule has 1 aliphatic carbocycles. The summed E-state index contributed by atoms with van der Waals surface area (Å²) >= 11 is 8.01. The van der Waals surface area contributed by atoms with E-state index in [4.69, 9.17) is 11.6 Å². The number of rotatable bonds is 2. The first-order valence-electron chi connectivity index (χ1n) is 5.34. The van der Waals surface area contributed by atoms with Crippen LogP contribution in [-0.4, -0.2) is 10.4 Å². The molecule has 0 radical (unpaired) electrons. The van der Waals surface area contributed by atoms with Gasteiger partial charge in [0, 0.05) is 22.9 Å². The summed E-state index contributed by atoms with van der Waals surface area (Å²) in [5.41, 5.74) is 0. The molecule has 1 aromatic rings. The van der Waals surface area contributed by atoms with Crippen molar-refractivity contribution in [3.63, 3.8) is 0 Å². The van der Waals surface area contributed by atoms with Gasteiger partial charge in [-0.05, 0) is 25.2 Å². The van der Waals surface area contributed by atoms with Crippen LogP contribution in [-0.2, 0) is 0 Å². The molecule has 3 atom stereocenters. The molecule has 1 nitrogen and oxygen atoms in total. The minimum absolute atomic E-state index is 0.367. The SMILES string of the molecule is CCC1CCC(Cl)CC1c1nccs1. The third-order valence-electron chi connectivity index (χ3n) is 3.22. The summed E-state index contributed by atoms with van der Waals surface area (Å²) < 4.78 is 0. The Morgan fingerprint density at radius 3 is 3.07 bits per heavy atom. The van der Waals surface area contributed by atoms with Crippen LogP contribution in [0.1, 0.15) is 43.5 Å². The molecule has 3 unspecified atom stereocenters. The number of nitrogens with zero attached hydrogens (tertiary/aromatic N) is 1.